The predicted octanol–water partition coefficient (Wildman–Crippen LogP) is 3.17. The fourth-order valence-electron chi connectivity index (χ4n) is 3.16. The number of nitrogens with one attached hydrogen (secondary N) is 1. The third-order valence-corrected chi connectivity index (χ3v) is 4.64. The quantitative estimate of drug-likeness (QED) is 0.376. The summed E-state index contributed by atoms with van der Waals surface area (Å²) >= 11 is 0. The number of nitrogens with zero attached hydrogens (tertiary/aromatic N) is 4. The van der Waals surface area contributed by atoms with Crippen LogP contribution in [0.3, 0.4) is 0 Å². The van der Waals surface area contributed by atoms with Crippen LogP contribution in [0, 0.1) is 0 Å². The fourth-order valence-corrected chi connectivity index (χ4v) is 3.16. The van der Waals surface area contributed by atoms with Crippen molar-refractivity contribution < 1.29 is 9.47 Å². The summed E-state index contributed by atoms with van der Waals surface area (Å²) in [5, 5.41) is 8.00. The Morgan fingerprint density at radius 2 is 2.00 bits per heavy atom. The molecular formula is C22H35N5O2. The van der Waals surface area contributed by atoms with Gasteiger partial charge < -0.3 is 19.7 Å². The molecule has 7 nitrogen and oxygen atoms in total. The topological polar surface area (TPSA) is 63.9 Å². The van der Waals surface area contributed by atoms with E-state index >= 15 is 0 Å². The number of aliphatic imine (C=N–C) groups is 1. The molecule has 29 heavy (non-hydrogen) atoms. The fraction of sp³-hybridized carbons (Fsp3) is 0.545. The van der Waals surface area contributed by atoms with Gasteiger partial charge in [0.15, 0.2) is 5.96 Å². The molecular weight excluding hydrogens is 366 g/mol. The molecule has 0 aliphatic heterocycles. The van der Waals surface area contributed by atoms with Crippen molar-refractivity contribution in [1.82, 2.24) is 20.0 Å². The Kier molecular flexibility index (Phi) is 8.99. The summed E-state index contributed by atoms with van der Waals surface area (Å²) in [4.78, 5) is 6.52. The molecule has 0 amide bonds. The number of hydrogen-bond donors (Lipinski definition) is 1. The third kappa shape index (κ3) is 7.09. The lowest BCUT2D eigenvalue weighted by atomic mass is 10.1. The first kappa shape index (κ1) is 22.7. The highest BCUT2D eigenvalue weighted by molar-refractivity contribution is 5.79. The number of guanidine groups is 1. The summed E-state index contributed by atoms with van der Waals surface area (Å²) in [7, 11) is 7.50. The molecule has 0 spiro atoms. The standard InChI is InChI=1S/C22H35N5O2/c1-17(2)21-19(15-27(5)25-21)14-26(4)22(23-3)24-12-7-13-29-16-18-8-10-20(28-6)11-9-18/h8-11,15,17H,7,12-14,16H2,1-6H3,(H,23,24). The largest absolute Gasteiger partial charge is 0.497 e. The summed E-state index contributed by atoms with van der Waals surface area (Å²) in [5.74, 6) is 2.14. The van der Waals surface area contributed by atoms with Gasteiger partial charge in [0.05, 0.1) is 19.4 Å². The zero-order valence-corrected chi connectivity index (χ0v) is 18.6. The van der Waals surface area contributed by atoms with Gasteiger partial charge in [0, 0.05) is 52.6 Å². The summed E-state index contributed by atoms with van der Waals surface area (Å²) in [6, 6.07) is 7.95. The maximum absolute atomic E-state index is 5.76. The van der Waals surface area contributed by atoms with E-state index in [-0.39, 0.29) is 0 Å². The Bertz CT molecular complexity index is 768. The van der Waals surface area contributed by atoms with Gasteiger partial charge in [0.1, 0.15) is 5.75 Å². The van der Waals surface area contributed by atoms with Crippen molar-refractivity contribution in [3.8, 4) is 5.75 Å². The first-order chi connectivity index (χ1) is 13.9. The van der Waals surface area contributed by atoms with Crippen molar-refractivity contribution in [2.75, 3.05) is 34.4 Å². The first-order valence-electron chi connectivity index (χ1n) is 10.1. The van der Waals surface area contributed by atoms with Crippen LogP contribution in [-0.4, -0.2) is 55.0 Å². The number of rotatable bonds is 10. The van der Waals surface area contributed by atoms with Gasteiger partial charge in [-0.3, -0.25) is 9.67 Å². The molecule has 1 aromatic carbocycles. The van der Waals surface area contributed by atoms with Crippen LogP contribution in [0.4, 0.5) is 0 Å². The second-order valence-corrected chi connectivity index (χ2v) is 7.45. The predicted molar refractivity (Wildman–Crippen MR) is 117 cm³/mol. The van der Waals surface area contributed by atoms with Crippen molar-refractivity contribution in [3.63, 3.8) is 0 Å². The Morgan fingerprint density at radius 1 is 1.28 bits per heavy atom. The normalized spacial score (nSPS) is 11.8. The second kappa shape index (κ2) is 11.5. The lowest BCUT2D eigenvalue weighted by Crippen LogP contribution is -2.39. The molecule has 0 radical (unpaired) electrons. The highest BCUT2D eigenvalue weighted by Gasteiger charge is 2.14. The van der Waals surface area contributed by atoms with Crippen molar-refractivity contribution in [1.29, 1.82) is 0 Å². The van der Waals surface area contributed by atoms with Crippen molar-refractivity contribution >= 4 is 5.96 Å². The number of methoxy groups -OCH3 is 1. The van der Waals surface area contributed by atoms with E-state index in [1.54, 1.807) is 7.11 Å². The van der Waals surface area contributed by atoms with Crippen LogP contribution < -0.4 is 10.1 Å². The highest BCUT2D eigenvalue weighted by Crippen LogP contribution is 2.18. The first-order valence-corrected chi connectivity index (χ1v) is 10.1. The molecule has 0 saturated heterocycles. The molecule has 0 unspecified atom stereocenters. The molecule has 2 rings (SSSR count). The molecule has 0 fully saturated rings. The lowest BCUT2D eigenvalue weighted by Gasteiger charge is -2.22. The zero-order valence-electron chi connectivity index (χ0n) is 18.6. The average molecular weight is 402 g/mol. The Labute approximate surface area is 174 Å². The van der Waals surface area contributed by atoms with Crippen LogP contribution in [0.2, 0.25) is 0 Å². The van der Waals surface area contributed by atoms with E-state index in [0.29, 0.717) is 19.1 Å². The molecule has 0 bridgehead atoms. The van der Waals surface area contributed by atoms with Crippen LogP contribution in [-0.2, 0) is 24.9 Å². The van der Waals surface area contributed by atoms with Gasteiger partial charge in [-0.1, -0.05) is 26.0 Å². The minimum Gasteiger partial charge on any atom is -0.497 e. The van der Waals surface area contributed by atoms with Gasteiger partial charge >= 0.3 is 0 Å². The monoisotopic (exact) mass is 401 g/mol. The van der Waals surface area contributed by atoms with Gasteiger partial charge in [0.25, 0.3) is 0 Å². The van der Waals surface area contributed by atoms with Crippen LogP contribution in [0.25, 0.3) is 0 Å². The van der Waals surface area contributed by atoms with Crippen molar-refractivity contribution in [2.45, 2.75) is 39.3 Å². The van der Waals surface area contributed by atoms with Crippen LogP contribution in [0.1, 0.15) is 43.0 Å². The Balaban J connectivity index is 1.71. The number of ether oxygens (including phenoxy) is 2. The maximum Gasteiger partial charge on any atom is 0.193 e. The van der Waals surface area contributed by atoms with Crippen molar-refractivity contribution in [3.05, 3.63) is 47.3 Å². The van der Waals surface area contributed by atoms with Gasteiger partial charge in [0.2, 0.25) is 0 Å². The summed E-state index contributed by atoms with van der Waals surface area (Å²) < 4.78 is 12.8. The van der Waals surface area contributed by atoms with E-state index in [1.807, 2.05) is 50.1 Å². The molecule has 7 heteroatoms. The molecule has 1 aromatic heterocycles. The molecule has 0 atom stereocenters. The number of aromatic nitrogens is 2. The van der Waals surface area contributed by atoms with Gasteiger partial charge in [-0.2, -0.15) is 5.10 Å². The molecule has 0 saturated carbocycles. The van der Waals surface area contributed by atoms with E-state index in [0.717, 1.165) is 42.5 Å². The van der Waals surface area contributed by atoms with Gasteiger partial charge in [-0.15, -0.1) is 0 Å². The SMILES string of the molecule is CN=C(NCCCOCc1ccc(OC)cc1)N(C)Cc1cn(C)nc1C(C)C. The van der Waals surface area contributed by atoms with E-state index in [4.69, 9.17) is 9.47 Å². The van der Waals surface area contributed by atoms with Crippen LogP contribution in [0.15, 0.2) is 35.5 Å². The van der Waals surface area contributed by atoms with E-state index in [9.17, 15) is 0 Å². The van der Waals surface area contributed by atoms with E-state index in [1.165, 1.54) is 5.56 Å². The Morgan fingerprint density at radius 3 is 2.62 bits per heavy atom. The number of aryl methyl sites for hydroxylation is 1. The zero-order chi connectivity index (χ0) is 21.2. The minimum absolute atomic E-state index is 0.400. The van der Waals surface area contributed by atoms with E-state index < -0.39 is 0 Å². The Hall–Kier alpha value is -2.54. The minimum atomic E-state index is 0.400. The summed E-state index contributed by atoms with van der Waals surface area (Å²) in [6.07, 6.45) is 3.00. The lowest BCUT2D eigenvalue weighted by molar-refractivity contribution is 0.119. The number of benzene rings is 1. The molecule has 2 aromatic rings. The molecule has 0 aliphatic rings. The smallest absolute Gasteiger partial charge is 0.193 e. The average Bonchev–Trinajstić information content (AvgIpc) is 3.08. The van der Waals surface area contributed by atoms with Gasteiger partial charge in [-0.25, -0.2) is 0 Å². The summed E-state index contributed by atoms with van der Waals surface area (Å²) in [5.41, 5.74) is 3.52. The third-order valence-electron chi connectivity index (χ3n) is 4.64. The highest BCUT2D eigenvalue weighted by atomic mass is 16.5. The molecule has 160 valence electrons. The van der Waals surface area contributed by atoms with Crippen molar-refractivity contribution in [2.24, 2.45) is 12.0 Å². The molecule has 1 heterocycles. The summed E-state index contributed by atoms with van der Waals surface area (Å²) in [6.45, 7) is 7.23. The van der Waals surface area contributed by atoms with Crippen LogP contribution in [0.5, 0.6) is 5.75 Å². The molecule has 1 N–H and O–H groups in total. The van der Waals surface area contributed by atoms with E-state index in [2.05, 4.69) is 40.4 Å². The van der Waals surface area contributed by atoms with Crippen LogP contribution >= 0.6 is 0 Å². The second-order valence-electron chi connectivity index (χ2n) is 7.45. The number of hydrogen-bond acceptors (Lipinski definition) is 4. The van der Waals surface area contributed by atoms with Gasteiger partial charge in [-0.05, 0) is 30.0 Å². The molecule has 0 aliphatic carbocycles. The maximum atomic E-state index is 5.76.